The topological polar surface area (TPSA) is 59.1 Å². The predicted octanol–water partition coefficient (Wildman–Crippen LogP) is 2.04. The van der Waals surface area contributed by atoms with Gasteiger partial charge in [0.1, 0.15) is 0 Å². The summed E-state index contributed by atoms with van der Waals surface area (Å²) in [6.45, 7) is 3.44. The van der Waals surface area contributed by atoms with Gasteiger partial charge >= 0.3 is 0 Å². The predicted molar refractivity (Wildman–Crippen MR) is 92.3 cm³/mol. The number of carbonyl (C=O) groups excluding carboxylic acids is 2. The molecule has 0 N–H and O–H groups in total. The van der Waals surface area contributed by atoms with Crippen molar-refractivity contribution in [1.29, 1.82) is 0 Å². The summed E-state index contributed by atoms with van der Waals surface area (Å²) in [6, 6.07) is 7.44. The van der Waals surface area contributed by atoms with Crippen molar-refractivity contribution in [3.05, 3.63) is 29.8 Å². The van der Waals surface area contributed by atoms with E-state index in [2.05, 4.69) is 0 Å². The summed E-state index contributed by atoms with van der Waals surface area (Å²) >= 11 is 0. The van der Waals surface area contributed by atoms with Crippen LogP contribution in [-0.2, 0) is 14.3 Å². The summed E-state index contributed by atoms with van der Waals surface area (Å²) < 4.78 is 11.2. The van der Waals surface area contributed by atoms with E-state index in [4.69, 9.17) is 9.47 Å². The van der Waals surface area contributed by atoms with E-state index in [1.54, 1.807) is 4.90 Å². The second-order valence-corrected chi connectivity index (χ2v) is 6.96. The molecule has 1 aromatic rings. The molecule has 0 bridgehead atoms. The number of ether oxygens (including phenoxy) is 2. The second-order valence-electron chi connectivity index (χ2n) is 6.96. The molecule has 3 heterocycles. The Labute approximate surface area is 147 Å². The second kappa shape index (κ2) is 7.14. The molecule has 1 aromatic carbocycles. The number of piperidine rings is 1. The average Bonchev–Trinajstić information content (AvgIpc) is 3.33. The molecule has 3 saturated heterocycles. The number of nitrogens with zero attached hydrogens (tertiary/aromatic N) is 2. The molecule has 0 aliphatic carbocycles. The van der Waals surface area contributed by atoms with E-state index in [0.717, 1.165) is 38.0 Å². The fraction of sp³-hybridized carbons (Fsp3) is 0.579. The Balaban J connectivity index is 1.47. The van der Waals surface area contributed by atoms with Crippen LogP contribution in [-0.4, -0.2) is 55.9 Å². The van der Waals surface area contributed by atoms with Crippen molar-refractivity contribution in [1.82, 2.24) is 4.90 Å². The Morgan fingerprint density at radius 3 is 2.72 bits per heavy atom. The average molecular weight is 344 g/mol. The first kappa shape index (κ1) is 16.5. The van der Waals surface area contributed by atoms with Gasteiger partial charge in [-0.25, -0.2) is 0 Å². The number of likely N-dealkylation sites (tertiary alicyclic amines) is 1. The lowest BCUT2D eigenvalue weighted by Crippen LogP contribution is -2.43. The molecule has 3 fully saturated rings. The molecule has 6 heteroatoms. The molecule has 0 spiro atoms. The Hall–Kier alpha value is -1.92. The van der Waals surface area contributed by atoms with Gasteiger partial charge in [0.15, 0.2) is 6.29 Å². The van der Waals surface area contributed by atoms with E-state index in [9.17, 15) is 9.59 Å². The Morgan fingerprint density at radius 2 is 1.96 bits per heavy atom. The highest BCUT2D eigenvalue weighted by molar-refractivity contribution is 5.99. The molecular formula is C19H24N2O4. The third kappa shape index (κ3) is 3.41. The lowest BCUT2D eigenvalue weighted by molar-refractivity contribution is -0.117. The van der Waals surface area contributed by atoms with Crippen LogP contribution in [0.5, 0.6) is 0 Å². The van der Waals surface area contributed by atoms with Crippen molar-refractivity contribution in [2.45, 2.75) is 32.0 Å². The van der Waals surface area contributed by atoms with Crippen LogP contribution in [0.3, 0.4) is 0 Å². The molecule has 1 unspecified atom stereocenters. The van der Waals surface area contributed by atoms with Crippen molar-refractivity contribution in [2.75, 3.05) is 37.7 Å². The van der Waals surface area contributed by atoms with E-state index in [-0.39, 0.29) is 24.0 Å². The first-order valence-electron chi connectivity index (χ1n) is 9.15. The first-order valence-corrected chi connectivity index (χ1v) is 9.15. The normalized spacial score (nSPS) is 25.0. The fourth-order valence-corrected chi connectivity index (χ4v) is 3.98. The number of anilines is 1. The smallest absolute Gasteiger partial charge is 0.253 e. The Morgan fingerprint density at radius 1 is 1.12 bits per heavy atom. The molecule has 0 saturated carbocycles. The van der Waals surface area contributed by atoms with E-state index in [1.165, 1.54) is 0 Å². The van der Waals surface area contributed by atoms with Crippen molar-refractivity contribution < 1.29 is 19.1 Å². The van der Waals surface area contributed by atoms with E-state index in [1.807, 2.05) is 29.2 Å². The van der Waals surface area contributed by atoms with E-state index >= 15 is 0 Å². The van der Waals surface area contributed by atoms with Gasteiger partial charge in [0.05, 0.1) is 13.2 Å². The molecule has 3 aliphatic heterocycles. The van der Waals surface area contributed by atoms with Crippen molar-refractivity contribution in [3.63, 3.8) is 0 Å². The lowest BCUT2D eigenvalue weighted by Gasteiger charge is -2.34. The van der Waals surface area contributed by atoms with Crippen LogP contribution < -0.4 is 4.90 Å². The number of carbonyl (C=O) groups is 2. The largest absolute Gasteiger partial charge is 0.350 e. The van der Waals surface area contributed by atoms with Crippen LogP contribution in [0.1, 0.15) is 36.0 Å². The van der Waals surface area contributed by atoms with Gasteiger partial charge in [-0.15, -0.1) is 0 Å². The molecule has 6 nitrogen and oxygen atoms in total. The molecule has 0 aromatic heterocycles. The van der Waals surface area contributed by atoms with Crippen LogP contribution in [0.15, 0.2) is 24.3 Å². The third-order valence-corrected chi connectivity index (χ3v) is 5.26. The Kier molecular flexibility index (Phi) is 4.72. The van der Waals surface area contributed by atoms with E-state index in [0.29, 0.717) is 31.7 Å². The fourth-order valence-electron chi connectivity index (χ4n) is 3.98. The summed E-state index contributed by atoms with van der Waals surface area (Å²) in [4.78, 5) is 28.6. The van der Waals surface area contributed by atoms with Crippen molar-refractivity contribution >= 4 is 17.5 Å². The molecule has 0 radical (unpaired) electrons. The number of rotatable bonds is 3. The van der Waals surface area contributed by atoms with Gasteiger partial charge < -0.3 is 19.3 Å². The maximum absolute atomic E-state index is 12.9. The lowest BCUT2D eigenvalue weighted by atomic mass is 9.96. The number of hydrogen-bond acceptors (Lipinski definition) is 4. The van der Waals surface area contributed by atoms with Crippen LogP contribution in [0.25, 0.3) is 0 Å². The monoisotopic (exact) mass is 344 g/mol. The minimum atomic E-state index is -0.177. The van der Waals surface area contributed by atoms with Gasteiger partial charge in [0.25, 0.3) is 5.91 Å². The van der Waals surface area contributed by atoms with Gasteiger partial charge in [-0.2, -0.15) is 0 Å². The SMILES string of the molecule is O=C(c1cccc(N2CCCC2=O)c1)N1CCCC(C2OCCO2)C1. The number of benzene rings is 1. The minimum Gasteiger partial charge on any atom is -0.350 e. The third-order valence-electron chi connectivity index (χ3n) is 5.26. The molecule has 25 heavy (non-hydrogen) atoms. The number of hydrogen-bond donors (Lipinski definition) is 0. The van der Waals surface area contributed by atoms with Gasteiger partial charge in [0.2, 0.25) is 5.91 Å². The highest BCUT2D eigenvalue weighted by Gasteiger charge is 2.33. The summed E-state index contributed by atoms with van der Waals surface area (Å²) in [5.74, 6) is 0.401. The minimum absolute atomic E-state index is 0.0243. The van der Waals surface area contributed by atoms with Gasteiger partial charge in [-0.3, -0.25) is 9.59 Å². The van der Waals surface area contributed by atoms with Crippen molar-refractivity contribution in [2.24, 2.45) is 5.92 Å². The van der Waals surface area contributed by atoms with Gasteiger partial charge in [-0.1, -0.05) is 6.07 Å². The molecule has 3 aliphatic rings. The van der Waals surface area contributed by atoms with Crippen LogP contribution in [0.4, 0.5) is 5.69 Å². The van der Waals surface area contributed by atoms with Crippen LogP contribution in [0, 0.1) is 5.92 Å². The zero-order valence-corrected chi connectivity index (χ0v) is 14.4. The number of amides is 2. The molecule has 4 rings (SSSR count). The summed E-state index contributed by atoms with van der Waals surface area (Å²) in [6.07, 6.45) is 3.28. The summed E-state index contributed by atoms with van der Waals surface area (Å²) in [5.41, 5.74) is 1.47. The van der Waals surface area contributed by atoms with Crippen LogP contribution in [0.2, 0.25) is 0 Å². The molecule has 2 amide bonds. The summed E-state index contributed by atoms with van der Waals surface area (Å²) in [5, 5.41) is 0. The van der Waals surface area contributed by atoms with Crippen LogP contribution >= 0.6 is 0 Å². The summed E-state index contributed by atoms with van der Waals surface area (Å²) in [7, 11) is 0. The van der Waals surface area contributed by atoms with Crippen molar-refractivity contribution in [3.8, 4) is 0 Å². The zero-order chi connectivity index (χ0) is 17.2. The molecule has 1 atom stereocenters. The molecular weight excluding hydrogens is 320 g/mol. The maximum Gasteiger partial charge on any atom is 0.253 e. The Bertz CT molecular complexity index is 657. The van der Waals surface area contributed by atoms with E-state index < -0.39 is 0 Å². The zero-order valence-electron chi connectivity index (χ0n) is 14.4. The standard InChI is InChI=1S/C19H24N2O4/c22-17-7-3-9-21(17)16-6-1-4-14(12-16)18(23)20-8-2-5-15(13-20)19-24-10-11-25-19/h1,4,6,12,15,19H,2-3,5,7-11,13H2. The van der Waals surface area contributed by atoms with Gasteiger partial charge in [0, 0.05) is 43.2 Å². The maximum atomic E-state index is 12.9. The van der Waals surface area contributed by atoms with Gasteiger partial charge in [-0.05, 0) is 37.5 Å². The quantitative estimate of drug-likeness (QED) is 0.842. The highest BCUT2D eigenvalue weighted by atomic mass is 16.7. The first-order chi connectivity index (χ1) is 12.2. The molecule has 134 valence electrons. The highest BCUT2D eigenvalue weighted by Crippen LogP contribution is 2.27.